The molecule has 0 aliphatic carbocycles. The van der Waals surface area contributed by atoms with Crippen molar-refractivity contribution in [2.45, 2.75) is 13.8 Å². The number of hydrogen-bond donors (Lipinski definition) is 0. The Kier molecular flexibility index (Phi) is 3.24. The summed E-state index contributed by atoms with van der Waals surface area (Å²) in [6.07, 6.45) is 1.60. The molecule has 0 unspecified atom stereocenters. The minimum Gasteiger partial charge on any atom is -0.496 e. The number of benzene rings is 1. The first kappa shape index (κ1) is 11.8. The van der Waals surface area contributed by atoms with Crippen LogP contribution in [0.4, 0.5) is 0 Å². The van der Waals surface area contributed by atoms with E-state index in [9.17, 15) is 0 Å². The zero-order chi connectivity index (χ0) is 12.4. The molecule has 0 atom stereocenters. The van der Waals surface area contributed by atoms with Crippen molar-refractivity contribution in [1.29, 1.82) is 0 Å². The summed E-state index contributed by atoms with van der Waals surface area (Å²) in [7, 11) is 1.66. The molecule has 0 spiro atoms. The molecule has 88 valence electrons. The van der Waals surface area contributed by atoms with Gasteiger partial charge in [0.25, 0.3) is 0 Å². The summed E-state index contributed by atoms with van der Waals surface area (Å²) in [5.41, 5.74) is 3.81. The molecule has 0 aliphatic rings. The molecule has 1 aromatic heterocycles. The SMILES string of the molecule is COc1cc(C)c(-c2cnnc(Cl)n2)cc1C. The molecule has 2 rings (SSSR count). The van der Waals surface area contributed by atoms with Crippen LogP contribution in [0.2, 0.25) is 5.28 Å². The Morgan fingerprint density at radius 2 is 1.94 bits per heavy atom. The van der Waals surface area contributed by atoms with Crippen molar-refractivity contribution < 1.29 is 4.74 Å². The molecule has 4 nitrogen and oxygen atoms in total. The summed E-state index contributed by atoms with van der Waals surface area (Å²) in [5, 5.41) is 7.58. The first-order valence-corrected chi connectivity index (χ1v) is 5.50. The highest BCUT2D eigenvalue weighted by atomic mass is 35.5. The average Bonchev–Trinajstić information content (AvgIpc) is 2.31. The highest BCUT2D eigenvalue weighted by Crippen LogP contribution is 2.28. The smallest absolute Gasteiger partial charge is 0.243 e. The van der Waals surface area contributed by atoms with Crippen molar-refractivity contribution in [2.75, 3.05) is 7.11 Å². The summed E-state index contributed by atoms with van der Waals surface area (Å²) in [5.74, 6) is 0.861. The van der Waals surface area contributed by atoms with Crippen LogP contribution in [0.5, 0.6) is 5.75 Å². The van der Waals surface area contributed by atoms with Gasteiger partial charge in [-0.25, -0.2) is 4.98 Å². The monoisotopic (exact) mass is 249 g/mol. The lowest BCUT2D eigenvalue weighted by Gasteiger charge is -2.10. The molecule has 0 fully saturated rings. The van der Waals surface area contributed by atoms with Gasteiger partial charge >= 0.3 is 0 Å². The van der Waals surface area contributed by atoms with E-state index in [-0.39, 0.29) is 5.28 Å². The summed E-state index contributed by atoms with van der Waals surface area (Å²) in [6, 6.07) is 3.98. The lowest BCUT2D eigenvalue weighted by Crippen LogP contribution is -1.95. The number of hydrogen-bond acceptors (Lipinski definition) is 4. The van der Waals surface area contributed by atoms with E-state index in [1.165, 1.54) is 0 Å². The summed E-state index contributed by atoms with van der Waals surface area (Å²) >= 11 is 5.74. The van der Waals surface area contributed by atoms with Gasteiger partial charge in [0.2, 0.25) is 5.28 Å². The maximum atomic E-state index is 5.74. The zero-order valence-corrected chi connectivity index (χ0v) is 10.6. The van der Waals surface area contributed by atoms with Gasteiger partial charge < -0.3 is 4.74 Å². The van der Waals surface area contributed by atoms with Gasteiger partial charge in [0.1, 0.15) is 5.75 Å². The van der Waals surface area contributed by atoms with E-state index < -0.39 is 0 Å². The largest absolute Gasteiger partial charge is 0.496 e. The Labute approximate surface area is 105 Å². The van der Waals surface area contributed by atoms with E-state index in [1.54, 1.807) is 13.3 Å². The third kappa shape index (κ3) is 2.36. The highest BCUT2D eigenvalue weighted by Gasteiger charge is 2.09. The Balaban J connectivity index is 2.56. The zero-order valence-electron chi connectivity index (χ0n) is 9.86. The number of rotatable bonds is 2. The summed E-state index contributed by atoms with van der Waals surface area (Å²) in [4.78, 5) is 4.15. The topological polar surface area (TPSA) is 47.9 Å². The Bertz CT molecular complexity index is 557. The van der Waals surface area contributed by atoms with Crippen molar-refractivity contribution in [1.82, 2.24) is 15.2 Å². The van der Waals surface area contributed by atoms with Crippen molar-refractivity contribution in [3.05, 3.63) is 34.7 Å². The van der Waals surface area contributed by atoms with E-state index >= 15 is 0 Å². The van der Waals surface area contributed by atoms with Crippen molar-refractivity contribution in [3.8, 4) is 17.0 Å². The maximum absolute atomic E-state index is 5.74. The number of aromatic nitrogens is 3. The third-order valence-electron chi connectivity index (χ3n) is 2.55. The molecule has 0 radical (unpaired) electrons. The molecule has 2 aromatic rings. The number of aryl methyl sites for hydroxylation is 2. The number of ether oxygens (including phenoxy) is 1. The van der Waals surface area contributed by atoms with Crippen molar-refractivity contribution in [2.24, 2.45) is 0 Å². The minimum atomic E-state index is 0.148. The molecule has 5 heteroatoms. The van der Waals surface area contributed by atoms with Crippen LogP contribution in [0.1, 0.15) is 11.1 Å². The van der Waals surface area contributed by atoms with E-state index in [0.717, 1.165) is 22.4 Å². The van der Waals surface area contributed by atoms with E-state index in [0.29, 0.717) is 5.69 Å². The maximum Gasteiger partial charge on any atom is 0.243 e. The molecule has 0 N–H and O–H groups in total. The summed E-state index contributed by atoms with van der Waals surface area (Å²) < 4.78 is 5.27. The molecule has 17 heavy (non-hydrogen) atoms. The molecule has 1 aromatic carbocycles. The predicted molar refractivity (Wildman–Crippen MR) is 66.3 cm³/mol. The van der Waals surface area contributed by atoms with Gasteiger partial charge in [0.05, 0.1) is 19.0 Å². The van der Waals surface area contributed by atoms with Crippen LogP contribution in [0.15, 0.2) is 18.3 Å². The molecule has 0 saturated heterocycles. The average molecular weight is 250 g/mol. The van der Waals surface area contributed by atoms with Crippen molar-refractivity contribution >= 4 is 11.6 Å². The first-order chi connectivity index (χ1) is 8.11. The quantitative estimate of drug-likeness (QED) is 0.821. The second kappa shape index (κ2) is 4.67. The number of nitrogens with zero attached hydrogens (tertiary/aromatic N) is 3. The molecular formula is C12H12ClN3O. The molecule has 0 bridgehead atoms. The summed E-state index contributed by atoms with van der Waals surface area (Å²) in [6.45, 7) is 3.98. The Hall–Kier alpha value is -1.68. The van der Waals surface area contributed by atoms with Gasteiger partial charge in [-0.05, 0) is 48.7 Å². The minimum absolute atomic E-state index is 0.148. The van der Waals surface area contributed by atoms with E-state index in [2.05, 4.69) is 15.2 Å². The molecule has 0 amide bonds. The Morgan fingerprint density at radius 1 is 1.18 bits per heavy atom. The van der Waals surface area contributed by atoms with Crippen LogP contribution >= 0.6 is 11.6 Å². The predicted octanol–water partition coefficient (Wildman–Crippen LogP) is 2.82. The second-order valence-electron chi connectivity index (χ2n) is 3.75. The fraction of sp³-hybridized carbons (Fsp3) is 0.250. The van der Waals surface area contributed by atoms with Crippen LogP contribution in [0.3, 0.4) is 0 Å². The van der Waals surface area contributed by atoms with Crippen LogP contribution in [-0.4, -0.2) is 22.3 Å². The van der Waals surface area contributed by atoms with Crippen LogP contribution < -0.4 is 4.74 Å². The third-order valence-corrected chi connectivity index (χ3v) is 2.71. The normalized spacial score (nSPS) is 10.4. The molecule has 0 saturated carbocycles. The Morgan fingerprint density at radius 3 is 2.59 bits per heavy atom. The first-order valence-electron chi connectivity index (χ1n) is 5.12. The van der Waals surface area contributed by atoms with Gasteiger partial charge in [0, 0.05) is 5.56 Å². The second-order valence-corrected chi connectivity index (χ2v) is 4.09. The molecule has 0 aliphatic heterocycles. The number of halogens is 1. The van der Waals surface area contributed by atoms with Gasteiger partial charge in [-0.3, -0.25) is 0 Å². The van der Waals surface area contributed by atoms with E-state index in [4.69, 9.17) is 16.3 Å². The number of methoxy groups -OCH3 is 1. The van der Waals surface area contributed by atoms with Crippen molar-refractivity contribution in [3.63, 3.8) is 0 Å². The molecule has 1 heterocycles. The van der Waals surface area contributed by atoms with Gasteiger partial charge in [-0.1, -0.05) is 0 Å². The van der Waals surface area contributed by atoms with Gasteiger partial charge in [0.15, 0.2) is 0 Å². The van der Waals surface area contributed by atoms with Gasteiger partial charge in [-0.15, -0.1) is 5.10 Å². The standard InChI is InChI=1S/C12H12ClN3O/c1-7-5-11(17-3)8(2)4-9(7)10-6-14-16-12(13)15-10/h4-6H,1-3H3. The van der Waals surface area contributed by atoms with E-state index in [1.807, 2.05) is 26.0 Å². The lowest BCUT2D eigenvalue weighted by atomic mass is 10.0. The van der Waals surface area contributed by atoms with Crippen LogP contribution in [-0.2, 0) is 0 Å². The lowest BCUT2D eigenvalue weighted by molar-refractivity contribution is 0.411. The van der Waals surface area contributed by atoms with Gasteiger partial charge in [-0.2, -0.15) is 5.10 Å². The van der Waals surface area contributed by atoms with Crippen LogP contribution in [0, 0.1) is 13.8 Å². The fourth-order valence-corrected chi connectivity index (χ4v) is 1.83. The highest BCUT2D eigenvalue weighted by molar-refractivity contribution is 6.28. The fourth-order valence-electron chi connectivity index (χ4n) is 1.70. The molecular weight excluding hydrogens is 238 g/mol. The van der Waals surface area contributed by atoms with Crippen LogP contribution in [0.25, 0.3) is 11.3 Å².